The van der Waals surface area contributed by atoms with Gasteiger partial charge in [-0.1, -0.05) is 30.4 Å². The summed E-state index contributed by atoms with van der Waals surface area (Å²) in [6.45, 7) is 0. The summed E-state index contributed by atoms with van der Waals surface area (Å²) in [5.41, 5.74) is 0.472. The van der Waals surface area contributed by atoms with Crippen LogP contribution < -0.4 is 4.74 Å². The minimum atomic E-state index is -4.20. The number of aromatic nitrogens is 1. The van der Waals surface area contributed by atoms with Crippen LogP contribution in [-0.4, -0.2) is 37.7 Å². The summed E-state index contributed by atoms with van der Waals surface area (Å²) in [4.78, 5) is 13.1. The van der Waals surface area contributed by atoms with Crippen molar-refractivity contribution in [2.75, 3.05) is 14.2 Å². The van der Waals surface area contributed by atoms with E-state index in [9.17, 15) is 18.3 Å². The van der Waals surface area contributed by atoms with Crippen LogP contribution in [0.2, 0.25) is 0 Å². The number of furan rings is 1. The van der Waals surface area contributed by atoms with Gasteiger partial charge in [0.25, 0.3) is 10.0 Å². The van der Waals surface area contributed by atoms with Crippen molar-refractivity contribution in [1.29, 1.82) is 0 Å². The summed E-state index contributed by atoms with van der Waals surface area (Å²) >= 11 is 0. The third-order valence-electron chi connectivity index (χ3n) is 6.03. The molecule has 0 fully saturated rings. The zero-order valence-electron chi connectivity index (χ0n) is 19.1. The van der Waals surface area contributed by atoms with Crippen LogP contribution in [0.1, 0.15) is 40.8 Å². The van der Waals surface area contributed by atoms with Gasteiger partial charge in [-0.3, -0.25) is 0 Å². The third-order valence-corrected chi connectivity index (χ3v) is 7.80. The molecule has 1 unspecified atom stereocenters. The molecular weight excluding hydrogens is 470 g/mol. The van der Waals surface area contributed by atoms with E-state index in [1.54, 1.807) is 48.6 Å². The monoisotopic (exact) mass is 493 g/mol. The molecule has 0 bridgehead atoms. The molecule has 5 rings (SSSR count). The standard InChI is InChI=1S/C26H23NO7S/c1-32-17-12-13-20-19(15-17)23(26(29)33-2)24(27(20)35(30,31)18-9-4-3-5-10-18)25(28)22-14-16-8-6-7-11-21(16)34-22/h4,6-15,25,28H,3,5H2,1-2H3. The summed E-state index contributed by atoms with van der Waals surface area (Å²) in [5, 5.41) is 12.5. The van der Waals surface area contributed by atoms with E-state index in [1.165, 1.54) is 20.3 Å². The van der Waals surface area contributed by atoms with Gasteiger partial charge in [-0.15, -0.1) is 0 Å². The number of esters is 1. The number of para-hydroxylation sites is 1. The molecule has 180 valence electrons. The molecule has 1 aliphatic carbocycles. The van der Waals surface area contributed by atoms with Gasteiger partial charge in [-0.25, -0.2) is 17.2 Å². The first-order chi connectivity index (χ1) is 16.9. The number of carbonyl (C=O) groups excluding carboxylic acids is 1. The van der Waals surface area contributed by atoms with E-state index < -0.39 is 22.1 Å². The zero-order chi connectivity index (χ0) is 24.7. The van der Waals surface area contributed by atoms with Crippen molar-refractivity contribution in [3.63, 3.8) is 0 Å². The number of nitrogens with zero attached hydrogens (tertiary/aromatic N) is 1. The lowest BCUT2D eigenvalue weighted by Crippen LogP contribution is -2.21. The van der Waals surface area contributed by atoms with Crippen LogP contribution in [0.15, 0.2) is 76.1 Å². The van der Waals surface area contributed by atoms with Crippen molar-refractivity contribution in [1.82, 2.24) is 3.97 Å². The van der Waals surface area contributed by atoms with E-state index in [1.807, 2.05) is 12.1 Å². The molecule has 0 spiro atoms. The maximum atomic E-state index is 13.9. The minimum Gasteiger partial charge on any atom is -0.497 e. The van der Waals surface area contributed by atoms with Crippen molar-refractivity contribution in [2.45, 2.75) is 18.9 Å². The van der Waals surface area contributed by atoms with Crippen LogP contribution in [-0.2, 0) is 14.8 Å². The molecule has 0 saturated carbocycles. The fraction of sp³-hybridized carbons (Fsp3) is 0.192. The maximum absolute atomic E-state index is 13.9. The topological polar surface area (TPSA) is 108 Å². The SMILES string of the molecule is COC(=O)c1c(C(O)c2cc3ccccc3o2)n(S(=O)(=O)C2=CCCC=C2)c2ccc(OC)cc12. The largest absolute Gasteiger partial charge is 0.497 e. The first kappa shape index (κ1) is 22.9. The van der Waals surface area contributed by atoms with Crippen molar-refractivity contribution >= 4 is 37.9 Å². The van der Waals surface area contributed by atoms with Gasteiger partial charge in [0.15, 0.2) is 6.10 Å². The van der Waals surface area contributed by atoms with Gasteiger partial charge < -0.3 is 19.0 Å². The van der Waals surface area contributed by atoms with Crippen LogP contribution >= 0.6 is 0 Å². The highest BCUT2D eigenvalue weighted by Crippen LogP contribution is 2.39. The zero-order valence-corrected chi connectivity index (χ0v) is 19.9. The Hall–Kier alpha value is -3.82. The molecule has 35 heavy (non-hydrogen) atoms. The number of hydrogen-bond acceptors (Lipinski definition) is 7. The molecule has 0 saturated heterocycles. The van der Waals surface area contributed by atoms with Gasteiger partial charge in [-0.05, 0) is 49.2 Å². The molecular formula is C26H23NO7S. The van der Waals surface area contributed by atoms with Gasteiger partial charge in [0.05, 0.1) is 35.9 Å². The Labute approximate surface area is 201 Å². The first-order valence-electron chi connectivity index (χ1n) is 11.0. The predicted molar refractivity (Wildman–Crippen MR) is 131 cm³/mol. The summed E-state index contributed by atoms with van der Waals surface area (Å²) in [5.74, 6) is -0.287. The van der Waals surface area contributed by atoms with Crippen molar-refractivity contribution < 1.29 is 32.2 Å². The van der Waals surface area contributed by atoms with Crippen molar-refractivity contribution in [3.8, 4) is 5.75 Å². The number of hydrogen-bond donors (Lipinski definition) is 1. The number of benzene rings is 2. The number of allylic oxidation sites excluding steroid dienone is 3. The van der Waals surface area contributed by atoms with E-state index in [4.69, 9.17) is 13.9 Å². The lowest BCUT2D eigenvalue weighted by molar-refractivity contribution is 0.0596. The average molecular weight is 494 g/mol. The van der Waals surface area contributed by atoms with E-state index in [0.29, 0.717) is 17.8 Å². The molecule has 1 aliphatic rings. The number of carbonyl (C=O) groups is 1. The molecule has 0 radical (unpaired) electrons. The van der Waals surface area contributed by atoms with Gasteiger partial charge >= 0.3 is 5.97 Å². The van der Waals surface area contributed by atoms with Crippen LogP contribution in [0.5, 0.6) is 5.75 Å². The second-order valence-electron chi connectivity index (χ2n) is 8.08. The molecule has 8 nitrogen and oxygen atoms in total. The van der Waals surface area contributed by atoms with E-state index in [2.05, 4.69) is 0 Å². The molecule has 2 aromatic heterocycles. The van der Waals surface area contributed by atoms with Crippen LogP contribution in [0.4, 0.5) is 0 Å². The van der Waals surface area contributed by atoms with E-state index in [-0.39, 0.29) is 32.8 Å². The molecule has 4 aromatic rings. The second-order valence-corrected chi connectivity index (χ2v) is 9.87. The smallest absolute Gasteiger partial charge is 0.340 e. The number of rotatable bonds is 6. The fourth-order valence-corrected chi connectivity index (χ4v) is 6.05. The Morgan fingerprint density at radius 1 is 1.11 bits per heavy atom. The Morgan fingerprint density at radius 2 is 1.91 bits per heavy atom. The Morgan fingerprint density at radius 3 is 2.60 bits per heavy atom. The average Bonchev–Trinajstić information content (AvgIpc) is 3.47. The number of aliphatic hydroxyl groups excluding tert-OH is 1. The normalized spacial score (nSPS) is 14.8. The summed E-state index contributed by atoms with van der Waals surface area (Å²) in [6, 6.07) is 13.5. The van der Waals surface area contributed by atoms with Crippen molar-refractivity contribution in [2.24, 2.45) is 0 Å². The van der Waals surface area contributed by atoms with Crippen LogP contribution in [0.25, 0.3) is 21.9 Å². The molecule has 1 N–H and O–H groups in total. The van der Waals surface area contributed by atoms with Gasteiger partial charge in [-0.2, -0.15) is 0 Å². The van der Waals surface area contributed by atoms with Crippen LogP contribution in [0.3, 0.4) is 0 Å². The lowest BCUT2D eigenvalue weighted by Gasteiger charge is -2.17. The van der Waals surface area contributed by atoms with Gasteiger partial charge in [0.1, 0.15) is 17.1 Å². The molecule has 0 aliphatic heterocycles. The van der Waals surface area contributed by atoms with E-state index >= 15 is 0 Å². The molecule has 0 amide bonds. The number of fused-ring (bicyclic) bond motifs is 2. The predicted octanol–water partition coefficient (Wildman–Crippen LogP) is 4.68. The quantitative estimate of drug-likeness (QED) is 0.389. The fourth-order valence-electron chi connectivity index (χ4n) is 4.37. The van der Waals surface area contributed by atoms with E-state index in [0.717, 1.165) is 15.8 Å². The Bertz CT molecular complexity index is 1590. The highest BCUT2D eigenvalue weighted by molar-refractivity contribution is 7.94. The minimum absolute atomic E-state index is 0.0749. The van der Waals surface area contributed by atoms with Crippen molar-refractivity contribution in [3.05, 3.63) is 88.7 Å². The highest BCUT2D eigenvalue weighted by atomic mass is 32.2. The second kappa shape index (κ2) is 8.75. The third kappa shape index (κ3) is 3.73. The molecule has 1 atom stereocenters. The number of aliphatic hydroxyl groups is 1. The molecule has 9 heteroatoms. The van der Waals surface area contributed by atoms with Gasteiger partial charge in [0.2, 0.25) is 0 Å². The summed E-state index contributed by atoms with van der Waals surface area (Å²) in [6.07, 6.45) is 4.63. The summed E-state index contributed by atoms with van der Waals surface area (Å²) < 4.78 is 45.0. The number of ether oxygens (including phenoxy) is 2. The van der Waals surface area contributed by atoms with Crippen LogP contribution in [0, 0.1) is 0 Å². The Balaban J connectivity index is 1.87. The maximum Gasteiger partial charge on any atom is 0.340 e. The Kier molecular flexibility index (Phi) is 5.74. The highest BCUT2D eigenvalue weighted by Gasteiger charge is 2.36. The molecule has 2 aromatic carbocycles. The first-order valence-corrected chi connectivity index (χ1v) is 12.4. The number of methoxy groups -OCH3 is 2. The summed E-state index contributed by atoms with van der Waals surface area (Å²) in [7, 11) is -1.54. The lowest BCUT2D eigenvalue weighted by atomic mass is 10.1. The van der Waals surface area contributed by atoms with Gasteiger partial charge in [0, 0.05) is 10.8 Å². The molecule has 2 heterocycles.